The molecule has 6 nitrogen and oxygen atoms in total. The maximum Gasteiger partial charge on any atom is 0.269 e. The smallest absolute Gasteiger partial charge is 0.269 e. The van der Waals surface area contributed by atoms with E-state index in [1.54, 1.807) is 31.0 Å². The Hall–Kier alpha value is -1.95. The van der Waals surface area contributed by atoms with Gasteiger partial charge in [0.05, 0.1) is 10.8 Å². The predicted octanol–water partition coefficient (Wildman–Crippen LogP) is 2.14. The van der Waals surface area contributed by atoms with E-state index in [1.165, 1.54) is 12.1 Å². The number of nitro benzene ring substituents is 1. The molecule has 2 N–H and O–H groups in total. The van der Waals surface area contributed by atoms with Crippen LogP contribution in [0.1, 0.15) is 32.3 Å². The van der Waals surface area contributed by atoms with Crippen molar-refractivity contribution in [2.75, 3.05) is 20.1 Å². The number of rotatable bonds is 6. The lowest BCUT2D eigenvalue weighted by atomic mass is 9.92. The molecule has 1 aromatic carbocycles. The molecule has 1 rings (SSSR count). The number of nitro groups is 1. The molecule has 0 bridgehead atoms. The topological polar surface area (TPSA) is 89.5 Å². The minimum absolute atomic E-state index is 0.00269. The zero-order valence-electron chi connectivity index (χ0n) is 13.0. The van der Waals surface area contributed by atoms with Gasteiger partial charge in [-0.2, -0.15) is 0 Å². The van der Waals surface area contributed by atoms with Gasteiger partial charge in [-0.1, -0.05) is 26.0 Å². The minimum atomic E-state index is -0.456. The van der Waals surface area contributed by atoms with Crippen molar-refractivity contribution in [3.05, 3.63) is 39.9 Å². The number of nitrogens with two attached hydrogens (primary N) is 1. The van der Waals surface area contributed by atoms with Crippen LogP contribution in [-0.2, 0) is 4.79 Å². The number of carbonyl (C=O) groups excluding carboxylic acids is 1. The average Bonchev–Trinajstić information content (AvgIpc) is 2.45. The summed E-state index contributed by atoms with van der Waals surface area (Å²) in [7, 11) is 1.73. The van der Waals surface area contributed by atoms with Crippen molar-refractivity contribution in [2.45, 2.75) is 26.7 Å². The Balaban J connectivity index is 2.87. The van der Waals surface area contributed by atoms with E-state index < -0.39 is 10.8 Å². The molecule has 1 aromatic rings. The highest BCUT2D eigenvalue weighted by Crippen LogP contribution is 2.23. The summed E-state index contributed by atoms with van der Waals surface area (Å²) < 4.78 is 0. The van der Waals surface area contributed by atoms with Crippen LogP contribution in [0.4, 0.5) is 5.69 Å². The van der Waals surface area contributed by atoms with E-state index in [2.05, 4.69) is 0 Å². The van der Waals surface area contributed by atoms with E-state index in [4.69, 9.17) is 5.73 Å². The second kappa shape index (κ2) is 6.67. The molecule has 0 heterocycles. The van der Waals surface area contributed by atoms with Gasteiger partial charge in [-0.05, 0) is 24.4 Å². The van der Waals surface area contributed by atoms with Crippen molar-refractivity contribution in [3.8, 4) is 0 Å². The summed E-state index contributed by atoms with van der Waals surface area (Å²) in [6.07, 6.45) is 0. The Kier molecular flexibility index (Phi) is 5.43. The molecule has 0 saturated heterocycles. The van der Waals surface area contributed by atoms with Gasteiger partial charge < -0.3 is 10.6 Å². The van der Waals surface area contributed by atoms with Gasteiger partial charge in [0.15, 0.2) is 0 Å². The molecule has 0 aliphatic rings. The van der Waals surface area contributed by atoms with Crippen LogP contribution < -0.4 is 5.73 Å². The normalized spacial score (nSPS) is 12.8. The van der Waals surface area contributed by atoms with E-state index in [1.807, 2.05) is 13.8 Å². The zero-order chi connectivity index (χ0) is 16.2. The average molecular weight is 293 g/mol. The van der Waals surface area contributed by atoms with Gasteiger partial charge in [-0.25, -0.2) is 0 Å². The van der Waals surface area contributed by atoms with Crippen LogP contribution in [-0.4, -0.2) is 35.9 Å². The Morgan fingerprint density at radius 2 is 2.10 bits per heavy atom. The number of carbonyl (C=O) groups is 1. The lowest BCUT2D eigenvalue weighted by Crippen LogP contribution is -2.41. The van der Waals surface area contributed by atoms with Crippen LogP contribution in [0.3, 0.4) is 0 Å². The van der Waals surface area contributed by atoms with Crippen LogP contribution in [0.25, 0.3) is 0 Å². The summed E-state index contributed by atoms with van der Waals surface area (Å²) in [5, 5.41) is 10.8. The molecule has 1 unspecified atom stereocenters. The van der Waals surface area contributed by atoms with Crippen LogP contribution in [0, 0.1) is 15.5 Å². The van der Waals surface area contributed by atoms with Crippen LogP contribution >= 0.6 is 0 Å². The summed E-state index contributed by atoms with van der Waals surface area (Å²) in [6.45, 7) is 6.77. The standard InChI is InChI=1S/C15H23N3O3/c1-11(12-6-5-7-13(8-12)18(20)21)14(19)17(4)10-15(2,3)9-16/h5-8,11H,9-10,16H2,1-4H3. The fourth-order valence-corrected chi connectivity index (χ4v) is 2.17. The fourth-order valence-electron chi connectivity index (χ4n) is 2.17. The zero-order valence-corrected chi connectivity index (χ0v) is 13.0. The van der Waals surface area contributed by atoms with Gasteiger partial charge >= 0.3 is 0 Å². The summed E-state index contributed by atoms with van der Waals surface area (Å²) in [5.41, 5.74) is 6.16. The van der Waals surface area contributed by atoms with Gasteiger partial charge in [0.25, 0.3) is 5.69 Å². The Labute approximate surface area is 125 Å². The summed E-state index contributed by atoms with van der Waals surface area (Å²) in [6, 6.07) is 6.20. The molecule has 1 amide bonds. The van der Waals surface area contributed by atoms with Crippen molar-refractivity contribution in [1.29, 1.82) is 0 Å². The number of benzene rings is 1. The summed E-state index contributed by atoms with van der Waals surface area (Å²) >= 11 is 0. The number of nitrogens with zero attached hydrogens (tertiary/aromatic N) is 2. The SMILES string of the molecule is CC(C(=O)N(C)CC(C)(C)CN)c1cccc([N+](=O)[O-])c1. The van der Waals surface area contributed by atoms with E-state index in [0.29, 0.717) is 18.7 Å². The second-order valence-electron chi connectivity index (χ2n) is 6.14. The van der Waals surface area contributed by atoms with Crippen molar-refractivity contribution in [2.24, 2.45) is 11.1 Å². The van der Waals surface area contributed by atoms with E-state index in [0.717, 1.165) is 0 Å². The van der Waals surface area contributed by atoms with Crippen LogP contribution in [0.2, 0.25) is 0 Å². The Bertz CT molecular complexity index is 529. The van der Waals surface area contributed by atoms with Gasteiger partial charge in [0, 0.05) is 25.7 Å². The molecule has 21 heavy (non-hydrogen) atoms. The molecule has 0 aromatic heterocycles. The summed E-state index contributed by atoms with van der Waals surface area (Å²) in [5.74, 6) is -0.500. The number of hydrogen-bond acceptors (Lipinski definition) is 4. The summed E-state index contributed by atoms with van der Waals surface area (Å²) in [4.78, 5) is 24.4. The van der Waals surface area contributed by atoms with Gasteiger partial charge in [0.2, 0.25) is 5.91 Å². The van der Waals surface area contributed by atoms with Gasteiger partial charge in [0.1, 0.15) is 0 Å². The quantitative estimate of drug-likeness (QED) is 0.642. The maximum absolute atomic E-state index is 12.4. The molecule has 0 saturated carbocycles. The molecule has 116 valence electrons. The van der Waals surface area contributed by atoms with E-state index >= 15 is 0 Å². The first-order valence-electron chi connectivity index (χ1n) is 6.87. The molecule has 1 atom stereocenters. The Morgan fingerprint density at radius 3 is 2.62 bits per heavy atom. The van der Waals surface area contributed by atoms with Gasteiger partial charge in [-0.3, -0.25) is 14.9 Å². The third kappa shape index (κ3) is 4.53. The minimum Gasteiger partial charge on any atom is -0.345 e. The molecule has 0 fully saturated rings. The number of hydrogen-bond donors (Lipinski definition) is 1. The first-order chi connectivity index (χ1) is 9.68. The van der Waals surface area contributed by atoms with E-state index in [-0.39, 0.29) is 17.0 Å². The lowest BCUT2D eigenvalue weighted by Gasteiger charge is -2.30. The van der Waals surface area contributed by atoms with Crippen molar-refractivity contribution >= 4 is 11.6 Å². The number of amides is 1. The van der Waals surface area contributed by atoms with Crippen LogP contribution in [0.5, 0.6) is 0 Å². The van der Waals surface area contributed by atoms with Crippen molar-refractivity contribution in [1.82, 2.24) is 4.90 Å². The van der Waals surface area contributed by atoms with E-state index in [9.17, 15) is 14.9 Å². The highest BCUT2D eigenvalue weighted by molar-refractivity contribution is 5.83. The Morgan fingerprint density at radius 1 is 1.48 bits per heavy atom. The van der Waals surface area contributed by atoms with Crippen molar-refractivity contribution in [3.63, 3.8) is 0 Å². The molecule has 6 heteroatoms. The fraction of sp³-hybridized carbons (Fsp3) is 0.533. The molecule has 0 spiro atoms. The monoisotopic (exact) mass is 293 g/mol. The third-order valence-corrected chi connectivity index (χ3v) is 3.55. The molecular formula is C15H23N3O3. The number of non-ortho nitro benzene ring substituents is 1. The van der Waals surface area contributed by atoms with Crippen molar-refractivity contribution < 1.29 is 9.72 Å². The lowest BCUT2D eigenvalue weighted by molar-refractivity contribution is -0.384. The largest absolute Gasteiger partial charge is 0.345 e. The molecular weight excluding hydrogens is 270 g/mol. The first-order valence-corrected chi connectivity index (χ1v) is 6.87. The third-order valence-electron chi connectivity index (χ3n) is 3.55. The maximum atomic E-state index is 12.4. The highest BCUT2D eigenvalue weighted by Gasteiger charge is 2.25. The molecule has 0 aliphatic heterocycles. The number of likely N-dealkylation sites (N-methyl/N-ethyl adjacent to an activating group) is 1. The molecule has 0 radical (unpaired) electrons. The second-order valence-corrected chi connectivity index (χ2v) is 6.14. The van der Waals surface area contributed by atoms with Crippen LogP contribution in [0.15, 0.2) is 24.3 Å². The van der Waals surface area contributed by atoms with Gasteiger partial charge in [-0.15, -0.1) is 0 Å². The first kappa shape index (κ1) is 17.1. The molecule has 0 aliphatic carbocycles. The predicted molar refractivity (Wildman–Crippen MR) is 82.0 cm³/mol. The highest BCUT2D eigenvalue weighted by atomic mass is 16.6.